The van der Waals surface area contributed by atoms with E-state index in [1.807, 2.05) is 4.90 Å². The molecule has 2 heterocycles. The van der Waals surface area contributed by atoms with Crippen LogP contribution in [-0.4, -0.2) is 48.1 Å². The van der Waals surface area contributed by atoms with Crippen LogP contribution in [0.5, 0.6) is 11.5 Å². The molecule has 1 fully saturated rings. The minimum Gasteiger partial charge on any atom is -0.495 e. The summed E-state index contributed by atoms with van der Waals surface area (Å²) in [5.41, 5.74) is 0.990. The Morgan fingerprint density at radius 2 is 2.00 bits per heavy atom. The molecule has 1 saturated heterocycles. The second-order valence-corrected chi connectivity index (χ2v) is 7.01. The standard InChI is InChI=1S/C19H23ClN4O3/c1-12-5-4-6-24(10-12)19(25)15-9-18(22-11-21-15)23-14-8-16(26-2)13(20)7-17(14)27-3/h7-9,11-12H,4-6,10H2,1-3H3,(H,21,22,23). The van der Waals surface area contributed by atoms with Gasteiger partial charge in [-0.25, -0.2) is 9.97 Å². The number of halogens is 1. The quantitative estimate of drug-likeness (QED) is 0.837. The molecule has 0 aliphatic carbocycles. The molecule has 1 N–H and O–H groups in total. The fraction of sp³-hybridized carbons (Fsp3) is 0.421. The summed E-state index contributed by atoms with van der Waals surface area (Å²) in [4.78, 5) is 23.0. The van der Waals surface area contributed by atoms with E-state index in [4.69, 9.17) is 21.1 Å². The molecule has 0 saturated carbocycles. The van der Waals surface area contributed by atoms with Crippen molar-refractivity contribution < 1.29 is 14.3 Å². The number of carbonyl (C=O) groups is 1. The largest absolute Gasteiger partial charge is 0.495 e. The van der Waals surface area contributed by atoms with E-state index in [0.717, 1.165) is 25.9 Å². The van der Waals surface area contributed by atoms with Crippen molar-refractivity contribution in [1.82, 2.24) is 14.9 Å². The monoisotopic (exact) mass is 390 g/mol. The van der Waals surface area contributed by atoms with Gasteiger partial charge in [0, 0.05) is 31.3 Å². The van der Waals surface area contributed by atoms with Gasteiger partial charge in [-0.05, 0) is 18.8 Å². The highest BCUT2D eigenvalue weighted by atomic mass is 35.5. The van der Waals surface area contributed by atoms with Gasteiger partial charge in [0.05, 0.1) is 24.9 Å². The minimum absolute atomic E-state index is 0.0762. The third kappa shape index (κ3) is 4.42. The number of anilines is 2. The SMILES string of the molecule is COc1cc(Nc2cc(C(=O)N3CCCC(C)C3)ncn2)c(OC)cc1Cl. The molecular formula is C19H23ClN4O3. The van der Waals surface area contributed by atoms with Gasteiger partial charge >= 0.3 is 0 Å². The van der Waals surface area contributed by atoms with Gasteiger partial charge in [0.2, 0.25) is 0 Å². The van der Waals surface area contributed by atoms with Crippen molar-refractivity contribution in [3.63, 3.8) is 0 Å². The van der Waals surface area contributed by atoms with Crippen molar-refractivity contribution in [2.24, 2.45) is 5.92 Å². The van der Waals surface area contributed by atoms with Crippen molar-refractivity contribution in [3.8, 4) is 11.5 Å². The van der Waals surface area contributed by atoms with Crippen LogP contribution in [0.1, 0.15) is 30.3 Å². The molecule has 27 heavy (non-hydrogen) atoms. The Balaban J connectivity index is 1.83. The number of carbonyl (C=O) groups excluding carboxylic acids is 1. The lowest BCUT2D eigenvalue weighted by atomic mass is 10.00. The minimum atomic E-state index is -0.0762. The van der Waals surface area contributed by atoms with Gasteiger partial charge in [0.25, 0.3) is 5.91 Å². The van der Waals surface area contributed by atoms with Crippen LogP contribution in [0.2, 0.25) is 5.02 Å². The maximum Gasteiger partial charge on any atom is 0.272 e. The number of hydrogen-bond donors (Lipinski definition) is 1. The maximum atomic E-state index is 12.8. The lowest BCUT2D eigenvalue weighted by Gasteiger charge is -2.30. The lowest BCUT2D eigenvalue weighted by molar-refractivity contribution is 0.0677. The first-order valence-corrected chi connectivity index (χ1v) is 9.19. The van der Waals surface area contributed by atoms with Gasteiger partial charge in [-0.1, -0.05) is 18.5 Å². The highest BCUT2D eigenvalue weighted by Gasteiger charge is 2.23. The fourth-order valence-electron chi connectivity index (χ4n) is 3.17. The Morgan fingerprint density at radius 1 is 1.22 bits per heavy atom. The summed E-state index contributed by atoms with van der Waals surface area (Å²) in [5.74, 6) is 1.96. The molecule has 8 heteroatoms. The first kappa shape index (κ1) is 19.2. The number of rotatable bonds is 5. The molecule has 1 aliphatic rings. The smallest absolute Gasteiger partial charge is 0.272 e. The molecule has 3 rings (SSSR count). The van der Waals surface area contributed by atoms with Gasteiger partial charge in [0.15, 0.2) is 0 Å². The first-order chi connectivity index (χ1) is 13.0. The molecule has 1 aliphatic heterocycles. The zero-order valence-electron chi connectivity index (χ0n) is 15.7. The number of likely N-dealkylation sites (tertiary alicyclic amines) is 1. The summed E-state index contributed by atoms with van der Waals surface area (Å²) in [6.07, 6.45) is 3.55. The summed E-state index contributed by atoms with van der Waals surface area (Å²) in [5, 5.41) is 3.59. The Kier molecular flexibility index (Phi) is 6.01. The number of amides is 1. The number of ether oxygens (including phenoxy) is 2. The predicted molar refractivity (Wildman–Crippen MR) is 104 cm³/mol. The highest BCUT2D eigenvalue weighted by molar-refractivity contribution is 6.32. The van der Waals surface area contributed by atoms with E-state index >= 15 is 0 Å². The van der Waals surface area contributed by atoms with Crippen LogP contribution in [0.3, 0.4) is 0 Å². The summed E-state index contributed by atoms with van der Waals surface area (Å²) < 4.78 is 10.6. The Morgan fingerprint density at radius 3 is 2.70 bits per heavy atom. The highest BCUT2D eigenvalue weighted by Crippen LogP contribution is 2.37. The van der Waals surface area contributed by atoms with E-state index in [-0.39, 0.29) is 5.91 Å². The topological polar surface area (TPSA) is 76.6 Å². The van der Waals surface area contributed by atoms with Crippen molar-refractivity contribution in [2.75, 3.05) is 32.6 Å². The third-order valence-corrected chi connectivity index (χ3v) is 4.86. The normalized spacial score (nSPS) is 16.7. The number of benzene rings is 1. The molecule has 1 unspecified atom stereocenters. The average Bonchev–Trinajstić information content (AvgIpc) is 2.68. The van der Waals surface area contributed by atoms with Crippen molar-refractivity contribution >= 4 is 29.0 Å². The molecule has 144 valence electrons. The molecule has 0 spiro atoms. The van der Waals surface area contributed by atoms with E-state index in [1.165, 1.54) is 6.33 Å². The van der Waals surface area contributed by atoms with E-state index in [9.17, 15) is 4.79 Å². The van der Waals surface area contributed by atoms with E-state index in [2.05, 4.69) is 22.2 Å². The van der Waals surface area contributed by atoms with Gasteiger partial charge in [-0.2, -0.15) is 0 Å². The van der Waals surface area contributed by atoms with Crippen LogP contribution in [0.25, 0.3) is 0 Å². The third-order valence-electron chi connectivity index (χ3n) is 4.57. The van der Waals surface area contributed by atoms with Crippen LogP contribution in [-0.2, 0) is 0 Å². The molecular weight excluding hydrogens is 368 g/mol. The molecule has 2 aromatic rings. The Bertz CT molecular complexity index is 831. The average molecular weight is 391 g/mol. The number of aromatic nitrogens is 2. The molecule has 1 aromatic carbocycles. The van der Waals surface area contributed by atoms with E-state index < -0.39 is 0 Å². The molecule has 0 radical (unpaired) electrons. The summed E-state index contributed by atoms with van der Waals surface area (Å²) in [6, 6.07) is 5.02. The van der Waals surface area contributed by atoms with Crippen LogP contribution in [0.4, 0.5) is 11.5 Å². The Labute approximate surface area is 163 Å². The molecule has 0 bridgehead atoms. The van der Waals surface area contributed by atoms with Crippen molar-refractivity contribution in [3.05, 3.63) is 35.2 Å². The molecule has 7 nitrogen and oxygen atoms in total. The number of nitrogens with zero attached hydrogens (tertiary/aromatic N) is 3. The van der Waals surface area contributed by atoms with Crippen LogP contribution in [0, 0.1) is 5.92 Å². The summed E-state index contributed by atoms with van der Waals surface area (Å²) >= 11 is 6.14. The first-order valence-electron chi connectivity index (χ1n) is 8.81. The lowest BCUT2D eigenvalue weighted by Crippen LogP contribution is -2.39. The van der Waals surface area contributed by atoms with Gasteiger partial charge in [-0.3, -0.25) is 4.79 Å². The van der Waals surface area contributed by atoms with Crippen molar-refractivity contribution in [2.45, 2.75) is 19.8 Å². The molecule has 1 aromatic heterocycles. The number of methoxy groups -OCH3 is 2. The van der Waals surface area contributed by atoms with Crippen LogP contribution < -0.4 is 14.8 Å². The zero-order valence-corrected chi connectivity index (χ0v) is 16.4. The van der Waals surface area contributed by atoms with E-state index in [0.29, 0.717) is 39.6 Å². The molecule has 1 amide bonds. The van der Waals surface area contributed by atoms with Crippen molar-refractivity contribution in [1.29, 1.82) is 0 Å². The number of piperidine rings is 1. The summed E-state index contributed by atoms with van der Waals surface area (Å²) in [7, 11) is 3.09. The molecule has 1 atom stereocenters. The second-order valence-electron chi connectivity index (χ2n) is 6.60. The van der Waals surface area contributed by atoms with Gasteiger partial charge in [-0.15, -0.1) is 0 Å². The predicted octanol–water partition coefficient (Wildman–Crippen LogP) is 3.76. The van der Waals surface area contributed by atoms with Gasteiger partial charge < -0.3 is 19.7 Å². The van der Waals surface area contributed by atoms with Gasteiger partial charge in [0.1, 0.15) is 29.3 Å². The second kappa shape index (κ2) is 8.43. The number of nitrogens with one attached hydrogen (secondary N) is 1. The fourth-order valence-corrected chi connectivity index (χ4v) is 3.41. The summed E-state index contributed by atoms with van der Waals surface area (Å²) in [6.45, 7) is 3.68. The zero-order chi connectivity index (χ0) is 19.4. The van der Waals surface area contributed by atoms with Crippen LogP contribution in [0.15, 0.2) is 24.5 Å². The maximum absolute atomic E-state index is 12.8. The van der Waals surface area contributed by atoms with Crippen LogP contribution >= 0.6 is 11.6 Å². The number of hydrogen-bond acceptors (Lipinski definition) is 6. The van der Waals surface area contributed by atoms with E-state index in [1.54, 1.807) is 32.4 Å². The Hall–Kier alpha value is -2.54.